The van der Waals surface area contributed by atoms with Gasteiger partial charge in [-0.15, -0.1) is 0 Å². The monoisotopic (exact) mass is 289 g/mol. The molecule has 1 fully saturated rings. The van der Waals surface area contributed by atoms with Crippen LogP contribution in [0.2, 0.25) is 0 Å². The Kier molecular flexibility index (Phi) is 4.52. The molecule has 8 heteroatoms. The van der Waals surface area contributed by atoms with Crippen LogP contribution in [0.15, 0.2) is 0 Å². The number of carbonyl (C=O) groups is 2. The first-order chi connectivity index (χ1) is 7.29. The Morgan fingerprint density at radius 2 is 2.25 bits per heavy atom. The number of ether oxygens (including phenoxy) is 2. The van der Waals surface area contributed by atoms with Gasteiger partial charge in [-0.2, -0.15) is 0 Å². The highest BCUT2D eigenvalue weighted by atomic mass is 35.6. The van der Waals surface area contributed by atoms with Gasteiger partial charge >= 0.3 is 6.16 Å². The molecule has 16 heavy (non-hydrogen) atoms. The minimum atomic E-state index is -1.67. The number of nitrogens with one attached hydrogen (secondary N) is 1. The number of β-lactam (4-membered cyclic amide) rings is 1. The van der Waals surface area contributed by atoms with Gasteiger partial charge in [-0.05, 0) is 6.92 Å². The van der Waals surface area contributed by atoms with Crippen LogP contribution in [0, 0.1) is 5.92 Å². The van der Waals surface area contributed by atoms with Gasteiger partial charge in [0.25, 0.3) is 0 Å². The molecule has 0 aromatic rings. The first kappa shape index (κ1) is 13.7. The zero-order chi connectivity index (χ0) is 12.3. The van der Waals surface area contributed by atoms with E-state index < -0.39 is 22.7 Å². The van der Waals surface area contributed by atoms with Crippen molar-refractivity contribution in [2.75, 3.05) is 13.2 Å². The predicted molar refractivity (Wildman–Crippen MR) is 58.7 cm³/mol. The van der Waals surface area contributed by atoms with E-state index in [9.17, 15) is 9.59 Å². The number of alkyl halides is 3. The summed E-state index contributed by atoms with van der Waals surface area (Å²) in [5, 5.41) is 2.53. The average molecular weight is 291 g/mol. The van der Waals surface area contributed by atoms with Crippen molar-refractivity contribution >= 4 is 46.9 Å². The fraction of sp³-hybridized carbons (Fsp3) is 0.750. The molecule has 0 bridgehead atoms. The maximum atomic E-state index is 11.1. The number of halogens is 3. The van der Waals surface area contributed by atoms with Crippen LogP contribution in [0.1, 0.15) is 6.92 Å². The van der Waals surface area contributed by atoms with Crippen LogP contribution in [0.5, 0.6) is 0 Å². The van der Waals surface area contributed by atoms with Crippen molar-refractivity contribution in [2.45, 2.75) is 16.8 Å². The third-order valence-electron chi connectivity index (χ3n) is 2.04. The van der Waals surface area contributed by atoms with Gasteiger partial charge in [-0.1, -0.05) is 34.8 Å². The van der Waals surface area contributed by atoms with E-state index in [1.165, 1.54) is 0 Å². The Balaban J connectivity index is 2.26. The molecule has 2 unspecified atom stereocenters. The summed E-state index contributed by atoms with van der Waals surface area (Å²) >= 11 is 16.1. The zero-order valence-electron chi connectivity index (χ0n) is 8.34. The molecule has 1 saturated heterocycles. The molecule has 2 atom stereocenters. The topological polar surface area (TPSA) is 64.6 Å². The van der Waals surface area contributed by atoms with Crippen LogP contribution in [-0.2, 0) is 14.3 Å². The summed E-state index contributed by atoms with van der Waals surface area (Å²) in [6.07, 6.45) is -1.52. The Morgan fingerprint density at radius 3 is 2.62 bits per heavy atom. The van der Waals surface area contributed by atoms with Crippen molar-refractivity contribution in [3.8, 4) is 0 Å². The number of hydrogen-bond donors (Lipinski definition) is 1. The van der Waals surface area contributed by atoms with E-state index in [-0.39, 0.29) is 11.8 Å². The standard InChI is InChI=1S/C8H10Cl3NO4/c1-4(5-2-12-6(5)13)16-7(14)15-3-8(9,10)11/h4-5H,2-3H2,1H3,(H,12,13). The van der Waals surface area contributed by atoms with E-state index in [2.05, 4.69) is 10.1 Å². The first-order valence-electron chi connectivity index (χ1n) is 4.47. The lowest BCUT2D eigenvalue weighted by molar-refractivity contribution is -0.136. The van der Waals surface area contributed by atoms with Gasteiger partial charge in [0.15, 0.2) is 0 Å². The second-order valence-electron chi connectivity index (χ2n) is 3.33. The van der Waals surface area contributed by atoms with Crippen LogP contribution in [-0.4, -0.2) is 35.1 Å². The van der Waals surface area contributed by atoms with Crippen molar-refractivity contribution in [3.63, 3.8) is 0 Å². The lowest BCUT2D eigenvalue weighted by Gasteiger charge is -2.30. The maximum Gasteiger partial charge on any atom is 0.508 e. The van der Waals surface area contributed by atoms with Crippen LogP contribution in [0.25, 0.3) is 0 Å². The van der Waals surface area contributed by atoms with Crippen LogP contribution < -0.4 is 5.32 Å². The maximum absolute atomic E-state index is 11.1. The summed E-state index contributed by atoms with van der Waals surface area (Å²) in [7, 11) is 0. The highest BCUT2D eigenvalue weighted by molar-refractivity contribution is 6.67. The molecule has 0 aliphatic carbocycles. The second-order valence-corrected chi connectivity index (χ2v) is 5.84. The second kappa shape index (κ2) is 5.29. The Bertz CT molecular complexity index is 291. The molecule has 1 N–H and O–H groups in total. The number of amides is 1. The third-order valence-corrected chi connectivity index (χ3v) is 2.36. The van der Waals surface area contributed by atoms with Crippen LogP contribution in [0.3, 0.4) is 0 Å². The summed E-state index contributed by atoms with van der Waals surface area (Å²) < 4.78 is 7.69. The fourth-order valence-corrected chi connectivity index (χ4v) is 1.25. The summed E-state index contributed by atoms with van der Waals surface area (Å²) in [6, 6.07) is 0. The van der Waals surface area contributed by atoms with Gasteiger partial charge in [0, 0.05) is 6.54 Å². The van der Waals surface area contributed by atoms with E-state index in [1.807, 2.05) is 0 Å². The zero-order valence-corrected chi connectivity index (χ0v) is 10.6. The average Bonchev–Trinajstić information content (AvgIpc) is 2.11. The smallest absolute Gasteiger partial charge is 0.430 e. The fourth-order valence-electron chi connectivity index (χ4n) is 1.09. The van der Waals surface area contributed by atoms with E-state index >= 15 is 0 Å². The Morgan fingerprint density at radius 1 is 1.62 bits per heavy atom. The lowest BCUT2D eigenvalue weighted by Crippen LogP contribution is -2.54. The highest BCUT2D eigenvalue weighted by Crippen LogP contribution is 2.26. The molecule has 5 nitrogen and oxygen atoms in total. The largest absolute Gasteiger partial charge is 0.508 e. The molecule has 1 amide bonds. The third kappa shape index (κ3) is 4.23. The Hall–Kier alpha value is -0.390. The first-order valence-corrected chi connectivity index (χ1v) is 5.61. The normalized spacial score (nSPS) is 21.8. The van der Waals surface area contributed by atoms with Gasteiger partial charge in [0.2, 0.25) is 9.70 Å². The van der Waals surface area contributed by atoms with E-state index in [0.29, 0.717) is 6.54 Å². The molecule has 1 heterocycles. The lowest BCUT2D eigenvalue weighted by atomic mass is 9.96. The predicted octanol–water partition coefficient (Wildman–Crippen LogP) is 1.64. The molecule has 1 rings (SSSR count). The molecular weight excluding hydrogens is 280 g/mol. The van der Waals surface area contributed by atoms with Crippen molar-refractivity contribution in [1.82, 2.24) is 5.32 Å². The van der Waals surface area contributed by atoms with Gasteiger partial charge < -0.3 is 14.8 Å². The van der Waals surface area contributed by atoms with Crippen molar-refractivity contribution in [3.05, 3.63) is 0 Å². The van der Waals surface area contributed by atoms with Gasteiger partial charge in [-0.3, -0.25) is 4.79 Å². The van der Waals surface area contributed by atoms with Crippen LogP contribution >= 0.6 is 34.8 Å². The SMILES string of the molecule is CC(OC(=O)OCC(Cl)(Cl)Cl)C1CNC1=O. The molecule has 0 spiro atoms. The van der Waals surface area contributed by atoms with Crippen LogP contribution in [0.4, 0.5) is 4.79 Å². The van der Waals surface area contributed by atoms with Gasteiger partial charge in [0.1, 0.15) is 12.7 Å². The Labute approximate surface area is 107 Å². The summed E-state index contributed by atoms with van der Waals surface area (Å²) in [6.45, 7) is 1.68. The van der Waals surface area contributed by atoms with Crippen molar-refractivity contribution in [1.29, 1.82) is 0 Å². The van der Waals surface area contributed by atoms with Gasteiger partial charge in [-0.25, -0.2) is 4.79 Å². The highest BCUT2D eigenvalue weighted by Gasteiger charge is 2.35. The molecule has 0 saturated carbocycles. The molecule has 0 aromatic carbocycles. The number of carbonyl (C=O) groups excluding carboxylic acids is 2. The van der Waals surface area contributed by atoms with Gasteiger partial charge in [0.05, 0.1) is 5.92 Å². The molecule has 1 aliphatic rings. The quantitative estimate of drug-likeness (QED) is 0.487. The molecule has 0 radical (unpaired) electrons. The number of rotatable bonds is 3. The minimum Gasteiger partial charge on any atom is -0.430 e. The molecular formula is C8H10Cl3NO4. The summed E-state index contributed by atoms with van der Waals surface area (Å²) in [5.74, 6) is -0.484. The number of hydrogen-bond acceptors (Lipinski definition) is 4. The van der Waals surface area contributed by atoms with E-state index in [4.69, 9.17) is 39.5 Å². The minimum absolute atomic E-state index is 0.151. The summed E-state index contributed by atoms with van der Waals surface area (Å²) in [5.41, 5.74) is 0. The molecule has 0 aromatic heterocycles. The van der Waals surface area contributed by atoms with E-state index in [0.717, 1.165) is 0 Å². The van der Waals surface area contributed by atoms with Crippen molar-refractivity contribution < 1.29 is 19.1 Å². The molecule has 92 valence electrons. The van der Waals surface area contributed by atoms with E-state index in [1.54, 1.807) is 6.92 Å². The molecule has 1 aliphatic heterocycles. The van der Waals surface area contributed by atoms with Crippen molar-refractivity contribution in [2.24, 2.45) is 5.92 Å². The summed E-state index contributed by atoms with van der Waals surface area (Å²) in [4.78, 5) is 22.1.